The summed E-state index contributed by atoms with van der Waals surface area (Å²) >= 11 is 0. The summed E-state index contributed by atoms with van der Waals surface area (Å²) in [6.45, 7) is 18.5. The summed E-state index contributed by atoms with van der Waals surface area (Å²) in [7, 11) is -1.33. The van der Waals surface area contributed by atoms with Gasteiger partial charge in [0.25, 0.3) is 0 Å². The van der Waals surface area contributed by atoms with Crippen LogP contribution < -0.4 is 5.19 Å². The number of hydrogen-bond acceptors (Lipinski definition) is 4. The standard InChI is InChI=1S/C37H27NO.C18H25NSi.C15H17N.Ir/c1-25(26-9-4-2-5-10-26)30-21-22-38-35(24-30)33-14-8-13-32-34-23-31(19-20-36(34)39-37(32)33)29-17-15-28(16-18-29)27-11-6-3-7-12-27;1-14(2)11-16-12-17(15-9-7-6-8-10-15)19-13-18(16)20(3,4)5;1-12(2)10-13-8-9-16-15(11-13)14-6-4-3-5-7-14;/h2-25H,1H3;6-10,12-14H,11H2,1-5H3;3-9,11-12H,10H2,1-2H3;. The first-order valence-electron chi connectivity index (χ1n) is 26.6. The van der Waals surface area contributed by atoms with E-state index in [1.54, 1.807) is 0 Å². The maximum Gasteiger partial charge on any atom is 0.144 e. The topological polar surface area (TPSA) is 51.8 Å². The minimum atomic E-state index is -1.33. The molecule has 0 spiro atoms. The molecule has 4 aromatic heterocycles. The number of furan rings is 1. The van der Waals surface area contributed by atoms with Gasteiger partial charge in [-0.1, -0.05) is 218 Å². The van der Waals surface area contributed by atoms with Gasteiger partial charge >= 0.3 is 0 Å². The van der Waals surface area contributed by atoms with Crippen LogP contribution in [0.25, 0.3) is 78.0 Å². The molecule has 0 aliphatic rings. The zero-order valence-corrected chi connectivity index (χ0v) is 48.6. The molecule has 0 saturated heterocycles. The van der Waals surface area contributed by atoms with E-state index in [0.29, 0.717) is 11.8 Å². The Morgan fingerprint density at radius 2 is 0.947 bits per heavy atom. The van der Waals surface area contributed by atoms with Gasteiger partial charge in [-0.3, -0.25) is 15.0 Å². The number of pyridine rings is 3. The maximum atomic E-state index is 6.45. The van der Waals surface area contributed by atoms with Crippen LogP contribution in [0.4, 0.5) is 0 Å². The minimum absolute atomic E-state index is 0. The number of aromatic nitrogens is 3. The Kier molecular flexibility index (Phi) is 18.4. The van der Waals surface area contributed by atoms with Crippen molar-refractivity contribution in [2.24, 2.45) is 11.8 Å². The number of fused-ring (bicyclic) bond motifs is 3. The van der Waals surface area contributed by atoms with E-state index in [2.05, 4.69) is 253 Å². The van der Waals surface area contributed by atoms with E-state index >= 15 is 0 Å². The Morgan fingerprint density at radius 1 is 0.421 bits per heavy atom. The zero-order chi connectivity index (χ0) is 52.3. The van der Waals surface area contributed by atoms with Crippen molar-refractivity contribution < 1.29 is 24.5 Å². The van der Waals surface area contributed by atoms with Crippen LogP contribution in [0.2, 0.25) is 19.6 Å². The van der Waals surface area contributed by atoms with Crippen molar-refractivity contribution in [3.63, 3.8) is 0 Å². The van der Waals surface area contributed by atoms with Crippen LogP contribution in [-0.2, 0) is 32.9 Å². The van der Waals surface area contributed by atoms with Gasteiger partial charge in [0.1, 0.15) is 11.2 Å². The average molecular weight is 1190 g/mol. The fourth-order valence-corrected chi connectivity index (χ4v) is 11.4. The van der Waals surface area contributed by atoms with E-state index in [1.165, 1.54) is 60.8 Å². The van der Waals surface area contributed by atoms with E-state index in [0.717, 1.165) is 57.4 Å². The summed E-state index contributed by atoms with van der Waals surface area (Å²) in [5.41, 5.74) is 18.5. The summed E-state index contributed by atoms with van der Waals surface area (Å²) in [5, 5.41) is 3.73. The van der Waals surface area contributed by atoms with Crippen LogP contribution in [-0.4, -0.2) is 23.0 Å². The van der Waals surface area contributed by atoms with Gasteiger partial charge < -0.3 is 4.42 Å². The number of para-hydroxylation sites is 1. The van der Waals surface area contributed by atoms with Crippen LogP contribution in [0, 0.1) is 11.8 Å². The second kappa shape index (κ2) is 25.5. The molecule has 4 nitrogen and oxygen atoms in total. The first kappa shape index (κ1) is 54.9. The first-order chi connectivity index (χ1) is 36.4. The molecule has 7 aromatic carbocycles. The molecule has 0 fully saturated rings. The fourth-order valence-electron chi connectivity index (χ4n) is 9.85. The number of hydrogen-bond donors (Lipinski definition) is 0. The van der Waals surface area contributed by atoms with Gasteiger partial charge in [-0.15, -0.1) is 0 Å². The first-order valence-corrected chi connectivity index (χ1v) is 30.1. The number of rotatable bonds is 12. The molecule has 0 aliphatic carbocycles. The SMILES string of the molecule is CC(C)Cc1cc(-c2ccccc2)ncc1[Si](C)(C)C.CC(C)Cc1ccnc(-c2ccccc2)c1.CC(c1ccccc1)c1ccnc(-c2cccc3c2oc2ccc(-c4ccc(-c5ccccc5)cc4)cc23)c1.[Ir]. The third-order valence-corrected chi connectivity index (χ3v) is 15.8. The summed E-state index contributed by atoms with van der Waals surface area (Å²) in [6.07, 6.45) is 8.19. The monoisotopic (exact) mass is 1190 g/mol. The second-order valence-electron chi connectivity index (χ2n) is 21.5. The van der Waals surface area contributed by atoms with Crippen molar-refractivity contribution in [2.75, 3.05) is 0 Å². The van der Waals surface area contributed by atoms with Crippen molar-refractivity contribution in [3.05, 3.63) is 253 Å². The second-order valence-corrected chi connectivity index (χ2v) is 26.5. The number of benzene rings is 7. The van der Waals surface area contributed by atoms with E-state index in [-0.39, 0.29) is 26.0 Å². The normalized spacial score (nSPS) is 11.6. The van der Waals surface area contributed by atoms with Crippen molar-refractivity contribution in [1.29, 1.82) is 0 Å². The van der Waals surface area contributed by atoms with Crippen molar-refractivity contribution in [1.82, 2.24) is 15.0 Å². The number of nitrogens with zero attached hydrogens (tertiary/aromatic N) is 3. The van der Waals surface area contributed by atoms with Gasteiger partial charge in [0.2, 0.25) is 0 Å². The molecule has 1 unspecified atom stereocenters. The predicted molar refractivity (Wildman–Crippen MR) is 321 cm³/mol. The van der Waals surface area contributed by atoms with Gasteiger partial charge in [0.15, 0.2) is 0 Å². The third-order valence-electron chi connectivity index (χ3n) is 13.7. The van der Waals surface area contributed by atoms with Crippen LogP contribution in [0.3, 0.4) is 0 Å². The molecule has 0 N–H and O–H groups in total. The van der Waals surface area contributed by atoms with Gasteiger partial charge in [-0.2, -0.15) is 0 Å². The molecule has 0 aliphatic heterocycles. The van der Waals surface area contributed by atoms with E-state index < -0.39 is 8.07 Å². The molecular formula is C70H69IrN3OSi. The Morgan fingerprint density at radius 3 is 1.55 bits per heavy atom. The van der Waals surface area contributed by atoms with Crippen LogP contribution >= 0.6 is 0 Å². The smallest absolute Gasteiger partial charge is 0.144 e. The van der Waals surface area contributed by atoms with E-state index in [4.69, 9.17) is 14.4 Å². The van der Waals surface area contributed by atoms with Crippen LogP contribution in [0.15, 0.2) is 235 Å². The van der Waals surface area contributed by atoms with Crippen molar-refractivity contribution in [3.8, 4) is 56.0 Å². The molecule has 4 heterocycles. The van der Waals surface area contributed by atoms with Gasteiger partial charge in [0.05, 0.1) is 25.2 Å². The largest absolute Gasteiger partial charge is 0.455 e. The molecule has 0 amide bonds. The van der Waals surface area contributed by atoms with Crippen LogP contribution in [0.5, 0.6) is 0 Å². The molecule has 1 atom stereocenters. The van der Waals surface area contributed by atoms with Gasteiger partial charge in [-0.25, -0.2) is 0 Å². The quantitative estimate of drug-likeness (QED) is 0.114. The summed E-state index contributed by atoms with van der Waals surface area (Å²) in [4.78, 5) is 13.9. The summed E-state index contributed by atoms with van der Waals surface area (Å²) < 4.78 is 6.45. The van der Waals surface area contributed by atoms with Gasteiger partial charge in [-0.05, 0) is 123 Å². The molecule has 383 valence electrons. The molecule has 11 rings (SSSR count). The molecule has 1 radical (unpaired) electrons. The predicted octanol–water partition coefficient (Wildman–Crippen LogP) is 18.6. The Hall–Kier alpha value is -7.34. The molecule has 0 bridgehead atoms. The van der Waals surface area contributed by atoms with Gasteiger partial charge in [0, 0.05) is 72.1 Å². The summed E-state index contributed by atoms with van der Waals surface area (Å²) in [6, 6.07) is 74.4. The average Bonchev–Trinajstić information content (AvgIpc) is 3.86. The molecule has 11 aromatic rings. The fraction of sp³-hybridized carbons (Fsp3) is 0.186. The van der Waals surface area contributed by atoms with E-state index in [9.17, 15) is 0 Å². The molecule has 76 heavy (non-hydrogen) atoms. The molecule has 6 heteroatoms. The molecular weight excluding hydrogens is 1120 g/mol. The molecule has 0 saturated carbocycles. The Bertz CT molecular complexity index is 3590. The Labute approximate surface area is 465 Å². The third kappa shape index (κ3) is 13.7. The van der Waals surface area contributed by atoms with Crippen LogP contribution in [0.1, 0.15) is 62.8 Å². The van der Waals surface area contributed by atoms with E-state index in [1.807, 2.05) is 36.7 Å². The zero-order valence-electron chi connectivity index (χ0n) is 45.2. The summed E-state index contributed by atoms with van der Waals surface area (Å²) in [5.74, 6) is 1.64. The maximum absolute atomic E-state index is 6.45. The Balaban J connectivity index is 0.000000173. The minimum Gasteiger partial charge on any atom is -0.455 e. The van der Waals surface area contributed by atoms with Crippen molar-refractivity contribution >= 4 is 35.2 Å². The van der Waals surface area contributed by atoms with Crippen molar-refractivity contribution in [2.45, 2.75) is 73.0 Å².